The minimum atomic E-state index is -0.811. The van der Waals surface area contributed by atoms with E-state index in [1.165, 1.54) is 7.11 Å². The molecule has 0 aliphatic carbocycles. The highest BCUT2D eigenvalue weighted by Gasteiger charge is 2.33. The van der Waals surface area contributed by atoms with Crippen molar-refractivity contribution >= 4 is 21.9 Å². The van der Waals surface area contributed by atoms with Crippen molar-refractivity contribution in [3.05, 3.63) is 21.7 Å². The molecule has 0 spiro atoms. The van der Waals surface area contributed by atoms with Crippen molar-refractivity contribution in [2.75, 3.05) is 13.7 Å². The van der Waals surface area contributed by atoms with Crippen LogP contribution in [0.25, 0.3) is 0 Å². The first-order valence-corrected chi connectivity index (χ1v) is 6.77. The average Bonchev–Trinajstić information content (AvgIpc) is 2.83. The highest BCUT2D eigenvalue weighted by Crippen LogP contribution is 2.43. The number of rotatable bonds is 3. The van der Waals surface area contributed by atoms with Crippen LogP contribution in [-0.2, 0) is 4.79 Å². The molecule has 1 saturated heterocycles. The smallest absolute Gasteiger partial charge is 0.307 e. The summed E-state index contributed by atoms with van der Waals surface area (Å²) < 4.78 is 5.96. The molecule has 1 aliphatic heterocycles. The maximum Gasteiger partial charge on any atom is 0.307 e. The Kier molecular flexibility index (Phi) is 4.01. The van der Waals surface area contributed by atoms with E-state index in [-0.39, 0.29) is 11.8 Å². The van der Waals surface area contributed by atoms with Crippen LogP contribution in [-0.4, -0.2) is 29.8 Å². The van der Waals surface area contributed by atoms with Crippen LogP contribution >= 0.6 is 15.9 Å². The van der Waals surface area contributed by atoms with E-state index >= 15 is 0 Å². The number of nitrogens with one attached hydrogen (secondary N) is 1. The van der Waals surface area contributed by atoms with Crippen molar-refractivity contribution in [2.45, 2.75) is 19.4 Å². The van der Waals surface area contributed by atoms with Crippen LogP contribution in [0.5, 0.6) is 11.5 Å². The summed E-state index contributed by atoms with van der Waals surface area (Å²) in [5.41, 5.74) is 1.59. The summed E-state index contributed by atoms with van der Waals surface area (Å²) in [4.78, 5) is 11.0. The summed E-state index contributed by atoms with van der Waals surface area (Å²) in [6.07, 6.45) is 0.462. The van der Waals surface area contributed by atoms with Gasteiger partial charge in [0.1, 0.15) is 0 Å². The first-order valence-electron chi connectivity index (χ1n) is 5.97. The Morgan fingerprint density at radius 2 is 2.26 bits per heavy atom. The molecule has 0 bridgehead atoms. The van der Waals surface area contributed by atoms with Crippen LogP contribution in [0.2, 0.25) is 0 Å². The molecule has 0 aromatic heterocycles. The van der Waals surface area contributed by atoms with Crippen LogP contribution in [0, 0.1) is 12.8 Å². The van der Waals surface area contributed by atoms with Gasteiger partial charge < -0.3 is 20.3 Å². The minimum Gasteiger partial charge on any atom is -0.504 e. The van der Waals surface area contributed by atoms with E-state index in [9.17, 15) is 9.90 Å². The standard InChI is InChI=1S/C13H16BrNO4/c1-6-8(14)4-10(19-2)12(16)11(6)9-3-7(5-15-9)13(17)18/h4,7,9,15-16H,3,5H2,1-2H3,(H,17,18). The maximum atomic E-state index is 11.0. The Hall–Kier alpha value is -1.27. The van der Waals surface area contributed by atoms with Crippen molar-refractivity contribution in [1.29, 1.82) is 0 Å². The van der Waals surface area contributed by atoms with Crippen LogP contribution < -0.4 is 10.1 Å². The molecule has 1 aliphatic rings. The molecule has 1 aromatic rings. The van der Waals surface area contributed by atoms with Gasteiger partial charge in [-0.15, -0.1) is 0 Å². The lowest BCUT2D eigenvalue weighted by Crippen LogP contribution is -2.17. The number of carboxylic acid groups (broad SMARTS) is 1. The van der Waals surface area contributed by atoms with E-state index in [2.05, 4.69) is 21.2 Å². The number of ether oxygens (including phenoxy) is 1. The van der Waals surface area contributed by atoms with Crippen molar-refractivity contribution < 1.29 is 19.7 Å². The Morgan fingerprint density at radius 3 is 2.79 bits per heavy atom. The number of phenolic OH excluding ortho intramolecular Hbond substituents is 1. The van der Waals surface area contributed by atoms with Crippen LogP contribution in [0.1, 0.15) is 23.6 Å². The molecule has 5 nitrogen and oxygen atoms in total. The fourth-order valence-corrected chi connectivity index (χ4v) is 2.88. The molecule has 0 amide bonds. The molecular formula is C13H16BrNO4. The summed E-state index contributed by atoms with van der Waals surface area (Å²) in [5.74, 6) is -0.775. The molecule has 0 radical (unpaired) electrons. The van der Waals surface area contributed by atoms with Gasteiger partial charge in [0.15, 0.2) is 11.5 Å². The third kappa shape index (κ3) is 2.55. The fourth-order valence-electron chi connectivity index (χ4n) is 2.46. The van der Waals surface area contributed by atoms with Crippen LogP contribution in [0.15, 0.2) is 10.5 Å². The van der Waals surface area contributed by atoms with E-state index in [0.29, 0.717) is 24.3 Å². The molecule has 19 heavy (non-hydrogen) atoms. The Morgan fingerprint density at radius 1 is 1.58 bits per heavy atom. The molecule has 3 N–H and O–H groups in total. The second-order valence-electron chi connectivity index (χ2n) is 4.68. The number of halogens is 1. The second-order valence-corrected chi connectivity index (χ2v) is 5.53. The zero-order valence-electron chi connectivity index (χ0n) is 10.7. The van der Waals surface area contributed by atoms with Gasteiger partial charge in [-0.05, 0) is 25.0 Å². The molecule has 0 saturated carbocycles. The number of hydrogen-bond acceptors (Lipinski definition) is 4. The molecule has 6 heteroatoms. The van der Waals surface area contributed by atoms with E-state index in [1.807, 2.05) is 6.92 Å². The highest BCUT2D eigenvalue weighted by atomic mass is 79.9. The van der Waals surface area contributed by atoms with Crippen LogP contribution in [0.3, 0.4) is 0 Å². The number of carbonyl (C=O) groups is 1. The third-order valence-corrected chi connectivity index (χ3v) is 4.38. The Bertz CT molecular complexity index is 518. The molecule has 104 valence electrons. The average molecular weight is 330 g/mol. The maximum absolute atomic E-state index is 11.0. The van der Waals surface area contributed by atoms with Gasteiger partial charge in [0.25, 0.3) is 0 Å². The van der Waals surface area contributed by atoms with Gasteiger partial charge in [0, 0.05) is 22.6 Å². The summed E-state index contributed by atoms with van der Waals surface area (Å²) >= 11 is 3.43. The number of phenols is 1. The molecule has 1 fully saturated rings. The lowest BCUT2D eigenvalue weighted by molar-refractivity contribution is -0.141. The van der Waals surface area contributed by atoms with E-state index in [1.54, 1.807) is 6.07 Å². The lowest BCUT2D eigenvalue weighted by Gasteiger charge is -2.19. The van der Waals surface area contributed by atoms with Gasteiger partial charge in [-0.2, -0.15) is 0 Å². The van der Waals surface area contributed by atoms with Gasteiger partial charge in [0.05, 0.1) is 13.0 Å². The fraction of sp³-hybridized carbons (Fsp3) is 0.462. The van der Waals surface area contributed by atoms with E-state index in [4.69, 9.17) is 9.84 Å². The topological polar surface area (TPSA) is 78.8 Å². The van der Waals surface area contributed by atoms with Gasteiger partial charge >= 0.3 is 5.97 Å². The zero-order chi connectivity index (χ0) is 14.2. The molecule has 2 atom stereocenters. The zero-order valence-corrected chi connectivity index (χ0v) is 12.3. The lowest BCUT2D eigenvalue weighted by atomic mass is 9.95. The molecule has 2 unspecified atom stereocenters. The number of carboxylic acids is 1. The minimum absolute atomic E-state index is 0.0757. The van der Waals surface area contributed by atoms with E-state index < -0.39 is 11.9 Å². The predicted molar refractivity (Wildman–Crippen MR) is 73.6 cm³/mol. The number of hydrogen-bond donors (Lipinski definition) is 3. The predicted octanol–water partition coefficient (Wildman–Crippen LogP) is 2.21. The molecule has 2 rings (SSSR count). The summed E-state index contributed by atoms with van der Waals surface area (Å²) in [5, 5.41) is 22.4. The SMILES string of the molecule is COc1cc(Br)c(C)c(C2CC(C(=O)O)CN2)c1O. The largest absolute Gasteiger partial charge is 0.504 e. The number of methoxy groups -OCH3 is 1. The number of benzene rings is 1. The van der Waals surface area contributed by atoms with Gasteiger partial charge in [-0.25, -0.2) is 0 Å². The van der Waals surface area contributed by atoms with Gasteiger partial charge in [0.2, 0.25) is 0 Å². The van der Waals surface area contributed by atoms with Crippen molar-refractivity contribution in [2.24, 2.45) is 5.92 Å². The van der Waals surface area contributed by atoms with Gasteiger partial charge in [-0.1, -0.05) is 15.9 Å². The molecular weight excluding hydrogens is 314 g/mol. The van der Waals surface area contributed by atoms with E-state index in [0.717, 1.165) is 10.0 Å². The Labute approximate surface area is 119 Å². The van der Waals surface area contributed by atoms with Gasteiger partial charge in [-0.3, -0.25) is 4.79 Å². The first kappa shape index (κ1) is 14.1. The number of aromatic hydroxyl groups is 1. The number of aliphatic carboxylic acids is 1. The second kappa shape index (κ2) is 5.38. The third-order valence-electron chi connectivity index (χ3n) is 3.56. The summed E-state index contributed by atoms with van der Waals surface area (Å²) in [7, 11) is 1.49. The highest BCUT2D eigenvalue weighted by molar-refractivity contribution is 9.10. The Balaban J connectivity index is 2.40. The monoisotopic (exact) mass is 329 g/mol. The van der Waals surface area contributed by atoms with Crippen molar-refractivity contribution in [3.8, 4) is 11.5 Å². The quantitative estimate of drug-likeness (QED) is 0.792. The summed E-state index contributed by atoms with van der Waals surface area (Å²) in [6, 6.07) is 1.53. The molecule has 1 heterocycles. The summed E-state index contributed by atoms with van der Waals surface area (Å²) in [6.45, 7) is 2.29. The first-order chi connectivity index (χ1) is 8.95. The van der Waals surface area contributed by atoms with Crippen molar-refractivity contribution in [1.82, 2.24) is 5.32 Å². The van der Waals surface area contributed by atoms with Crippen LogP contribution in [0.4, 0.5) is 0 Å². The van der Waals surface area contributed by atoms with Crippen molar-refractivity contribution in [3.63, 3.8) is 0 Å². The molecule has 1 aromatic carbocycles. The normalized spacial score (nSPS) is 22.5.